The van der Waals surface area contributed by atoms with Crippen LogP contribution in [0.25, 0.3) is 0 Å². The highest BCUT2D eigenvalue weighted by atomic mass is 16.2. The molecule has 1 atom stereocenters. The Morgan fingerprint density at radius 1 is 1.18 bits per heavy atom. The first-order valence-corrected chi connectivity index (χ1v) is 10.3. The molecule has 0 saturated carbocycles. The van der Waals surface area contributed by atoms with E-state index in [9.17, 15) is 14.4 Å². The van der Waals surface area contributed by atoms with E-state index in [0.29, 0.717) is 51.1 Å². The van der Waals surface area contributed by atoms with Gasteiger partial charge in [0.2, 0.25) is 5.91 Å². The van der Waals surface area contributed by atoms with Gasteiger partial charge >= 0.3 is 6.03 Å². The molecule has 152 valence electrons. The van der Waals surface area contributed by atoms with Crippen molar-refractivity contribution in [1.82, 2.24) is 24.7 Å². The Morgan fingerprint density at radius 3 is 2.64 bits per heavy atom. The highest BCUT2D eigenvalue weighted by Crippen LogP contribution is 2.41. The van der Waals surface area contributed by atoms with Crippen LogP contribution in [-0.4, -0.2) is 57.0 Å². The Morgan fingerprint density at radius 2 is 1.93 bits per heavy atom. The molecule has 0 radical (unpaired) electrons. The fourth-order valence-corrected chi connectivity index (χ4v) is 4.77. The molecule has 0 bridgehead atoms. The van der Waals surface area contributed by atoms with Gasteiger partial charge in [-0.05, 0) is 26.7 Å². The molecule has 3 aliphatic rings. The van der Waals surface area contributed by atoms with E-state index in [-0.39, 0.29) is 29.0 Å². The summed E-state index contributed by atoms with van der Waals surface area (Å²) in [6.45, 7) is 8.66. The molecule has 1 saturated heterocycles. The van der Waals surface area contributed by atoms with Crippen LogP contribution in [0.15, 0.2) is 4.79 Å². The fourth-order valence-electron chi connectivity index (χ4n) is 4.77. The molecule has 3 amide bonds. The molecule has 4 heterocycles. The van der Waals surface area contributed by atoms with Crippen molar-refractivity contribution in [2.24, 2.45) is 0 Å². The summed E-state index contributed by atoms with van der Waals surface area (Å²) in [6, 6.07) is 0.0563. The van der Waals surface area contributed by atoms with E-state index in [4.69, 9.17) is 4.98 Å². The Labute approximate surface area is 164 Å². The van der Waals surface area contributed by atoms with Crippen molar-refractivity contribution in [3.8, 4) is 0 Å². The summed E-state index contributed by atoms with van der Waals surface area (Å²) in [7, 11) is 0. The molecule has 1 aromatic heterocycles. The van der Waals surface area contributed by atoms with Crippen LogP contribution in [0.2, 0.25) is 0 Å². The topological polar surface area (TPSA) is 87.5 Å². The van der Waals surface area contributed by atoms with E-state index in [0.717, 1.165) is 24.4 Å². The van der Waals surface area contributed by atoms with Crippen LogP contribution in [0.1, 0.15) is 57.1 Å². The lowest BCUT2D eigenvalue weighted by Gasteiger charge is -2.29. The van der Waals surface area contributed by atoms with E-state index in [1.807, 2.05) is 25.7 Å². The number of fused-ring (bicyclic) bond motifs is 3. The molecule has 1 aromatic rings. The first-order valence-electron chi connectivity index (χ1n) is 10.3. The third-order valence-corrected chi connectivity index (χ3v) is 6.31. The number of carbonyl (C=O) groups excluding carboxylic acids is 2. The summed E-state index contributed by atoms with van der Waals surface area (Å²) in [5.74, 6) is 0.918. The van der Waals surface area contributed by atoms with E-state index < -0.39 is 0 Å². The highest BCUT2D eigenvalue weighted by Gasteiger charge is 2.48. The number of nitrogens with one attached hydrogen (secondary N) is 1. The number of likely N-dealkylation sites (tertiary alicyclic amines) is 1. The summed E-state index contributed by atoms with van der Waals surface area (Å²) >= 11 is 0. The minimum atomic E-state index is -0.223. The number of amides is 3. The maximum Gasteiger partial charge on any atom is 0.317 e. The van der Waals surface area contributed by atoms with Crippen molar-refractivity contribution in [1.29, 1.82) is 0 Å². The van der Waals surface area contributed by atoms with Crippen molar-refractivity contribution in [2.45, 2.75) is 71.0 Å². The quantitative estimate of drug-likeness (QED) is 0.820. The number of carbonyl (C=O) groups is 2. The van der Waals surface area contributed by atoms with Gasteiger partial charge in [-0.25, -0.2) is 9.78 Å². The van der Waals surface area contributed by atoms with E-state index in [1.165, 1.54) is 0 Å². The monoisotopic (exact) mass is 387 g/mol. The van der Waals surface area contributed by atoms with Crippen LogP contribution < -0.4 is 10.9 Å². The second-order valence-corrected chi connectivity index (χ2v) is 8.54. The average molecular weight is 387 g/mol. The summed E-state index contributed by atoms with van der Waals surface area (Å²) in [5.41, 5.74) is 1.28. The molecule has 28 heavy (non-hydrogen) atoms. The maximum atomic E-state index is 13.2. The Hall–Kier alpha value is -2.38. The summed E-state index contributed by atoms with van der Waals surface area (Å²) in [4.78, 5) is 46.2. The normalized spacial score (nSPS) is 23.3. The van der Waals surface area contributed by atoms with Crippen molar-refractivity contribution in [3.05, 3.63) is 27.4 Å². The number of rotatable bonds is 2. The lowest BCUT2D eigenvalue weighted by Crippen LogP contribution is -2.44. The molecule has 1 fully saturated rings. The maximum absolute atomic E-state index is 13.2. The summed E-state index contributed by atoms with van der Waals surface area (Å²) in [6.07, 6.45) is 2.75. The molecule has 0 unspecified atom stereocenters. The van der Waals surface area contributed by atoms with E-state index in [1.54, 1.807) is 9.47 Å². The zero-order chi connectivity index (χ0) is 20.1. The first-order chi connectivity index (χ1) is 13.3. The van der Waals surface area contributed by atoms with Crippen molar-refractivity contribution in [3.63, 3.8) is 0 Å². The number of nitrogens with zero attached hydrogens (tertiary/aromatic N) is 4. The van der Waals surface area contributed by atoms with Gasteiger partial charge in [-0.1, -0.05) is 6.92 Å². The molecule has 0 aliphatic carbocycles. The Kier molecular flexibility index (Phi) is 4.67. The number of hydrogen-bond acceptors (Lipinski definition) is 4. The van der Waals surface area contributed by atoms with Gasteiger partial charge in [0.25, 0.3) is 5.56 Å². The number of hydrogen-bond donors (Lipinski definition) is 1. The predicted octanol–water partition coefficient (Wildman–Crippen LogP) is 1.00. The summed E-state index contributed by atoms with van der Waals surface area (Å²) < 4.78 is 1.79. The average Bonchev–Trinajstić information content (AvgIpc) is 3.26. The molecule has 8 heteroatoms. The molecule has 1 spiro atoms. The zero-order valence-corrected chi connectivity index (χ0v) is 17.0. The minimum Gasteiger partial charge on any atom is -0.338 e. The van der Waals surface area contributed by atoms with Crippen LogP contribution in [-0.2, 0) is 29.7 Å². The van der Waals surface area contributed by atoms with Gasteiger partial charge in [0.15, 0.2) is 0 Å². The lowest BCUT2D eigenvalue weighted by molar-refractivity contribution is -0.131. The largest absolute Gasteiger partial charge is 0.338 e. The number of urea groups is 1. The molecule has 8 nitrogen and oxygen atoms in total. The van der Waals surface area contributed by atoms with Gasteiger partial charge in [-0.3, -0.25) is 14.2 Å². The van der Waals surface area contributed by atoms with Crippen molar-refractivity contribution >= 4 is 11.9 Å². The third kappa shape index (κ3) is 2.99. The van der Waals surface area contributed by atoms with E-state index >= 15 is 0 Å². The van der Waals surface area contributed by atoms with Crippen LogP contribution in [0.3, 0.4) is 0 Å². The van der Waals surface area contributed by atoms with Gasteiger partial charge in [-0.2, -0.15) is 0 Å². The van der Waals surface area contributed by atoms with Crippen LogP contribution in [0.5, 0.6) is 0 Å². The van der Waals surface area contributed by atoms with Crippen molar-refractivity contribution in [2.75, 3.05) is 19.6 Å². The second-order valence-electron chi connectivity index (χ2n) is 8.54. The highest BCUT2D eigenvalue weighted by molar-refractivity contribution is 5.76. The fraction of sp³-hybridized carbons (Fsp3) is 0.700. The third-order valence-electron chi connectivity index (χ3n) is 6.31. The lowest BCUT2D eigenvalue weighted by atomic mass is 9.85. The van der Waals surface area contributed by atoms with E-state index in [2.05, 4.69) is 5.32 Å². The SMILES string of the molecule is CCC(=O)N1CCc2nc3n(c(=O)c2C1)CC[C@]31CCN(C(=O)NC(C)C)C1. The smallest absolute Gasteiger partial charge is 0.317 e. The van der Waals surface area contributed by atoms with Gasteiger partial charge in [-0.15, -0.1) is 0 Å². The second kappa shape index (κ2) is 6.90. The standard InChI is InChI=1S/C20H29N5O3/c1-4-16(26)23-8-5-15-14(11-23)17(27)25-10-7-20(18(25)22-15)6-9-24(12-20)19(28)21-13(2)3/h13H,4-12H2,1-3H3,(H,21,28)/t20-/m0/s1. The van der Waals surface area contributed by atoms with Crippen LogP contribution >= 0.6 is 0 Å². The Bertz CT molecular complexity index is 877. The minimum absolute atomic E-state index is 0.00411. The predicted molar refractivity (Wildman–Crippen MR) is 104 cm³/mol. The van der Waals surface area contributed by atoms with Gasteiger partial charge in [0, 0.05) is 50.5 Å². The van der Waals surface area contributed by atoms with Crippen LogP contribution in [0, 0.1) is 0 Å². The van der Waals surface area contributed by atoms with Gasteiger partial charge in [0.05, 0.1) is 17.8 Å². The Balaban J connectivity index is 1.62. The van der Waals surface area contributed by atoms with Gasteiger partial charge < -0.3 is 15.1 Å². The molecule has 0 aromatic carbocycles. The molecule has 1 N–H and O–H groups in total. The molecule has 3 aliphatic heterocycles. The zero-order valence-electron chi connectivity index (χ0n) is 17.0. The molecule has 4 rings (SSSR count). The van der Waals surface area contributed by atoms with Gasteiger partial charge in [0.1, 0.15) is 5.82 Å². The molecular formula is C20H29N5O3. The first kappa shape index (κ1) is 19.0. The summed E-state index contributed by atoms with van der Waals surface area (Å²) in [5, 5.41) is 2.96. The van der Waals surface area contributed by atoms with Crippen molar-refractivity contribution < 1.29 is 9.59 Å². The number of aromatic nitrogens is 2. The molecular weight excluding hydrogens is 358 g/mol. The van der Waals surface area contributed by atoms with Crippen LogP contribution in [0.4, 0.5) is 4.79 Å².